The fourth-order valence-corrected chi connectivity index (χ4v) is 4.06. The van der Waals surface area contributed by atoms with Gasteiger partial charge in [0.1, 0.15) is 5.75 Å². The first-order valence-corrected chi connectivity index (χ1v) is 10.2. The van der Waals surface area contributed by atoms with Gasteiger partial charge in [0, 0.05) is 32.0 Å². The number of ether oxygens (including phenoxy) is 3. The van der Waals surface area contributed by atoms with Crippen molar-refractivity contribution in [1.29, 1.82) is 0 Å². The second-order valence-corrected chi connectivity index (χ2v) is 7.54. The molecule has 158 valence electrons. The van der Waals surface area contributed by atoms with E-state index in [1.165, 1.54) is 0 Å². The van der Waals surface area contributed by atoms with Crippen LogP contribution in [0.2, 0.25) is 0 Å². The molecule has 1 fully saturated rings. The van der Waals surface area contributed by atoms with Crippen LogP contribution in [0.15, 0.2) is 42.5 Å². The lowest BCUT2D eigenvalue weighted by molar-refractivity contribution is -0.130. The molecule has 1 saturated heterocycles. The van der Waals surface area contributed by atoms with E-state index >= 15 is 0 Å². The van der Waals surface area contributed by atoms with Crippen LogP contribution in [-0.4, -0.2) is 43.7 Å². The first-order valence-electron chi connectivity index (χ1n) is 10.2. The van der Waals surface area contributed by atoms with Crippen LogP contribution in [0.3, 0.4) is 0 Å². The van der Waals surface area contributed by atoms with E-state index in [2.05, 4.69) is 5.32 Å². The zero-order valence-corrected chi connectivity index (χ0v) is 17.2. The van der Waals surface area contributed by atoms with Crippen LogP contribution in [0.4, 0.5) is 0 Å². The van der Waals surface area contributed by atoms with Gasteiger partial charge in [-0.25, -0.2) is 0 Å². The molecule has 0 aromatic heterocycles. The Balaban J connectivity index is 1.48. The first-order chi connectivity index (χ1) is 14.6. The molecule has 0 unspecified atom stereocenters. The van der Waals surface area contributed by atoms with Gasteiger partial charge >= 0.3 is 0 Å². The molecule has 2 amide bonds. The highest BCUT2D eigenvalue weighted by atomic mass is 16.7. The van der Waals surface area contributed by atoms with Gasteiger partial charge in [-0.15, -0.1) is 0 Å². The largest absolute Gasteiger partial charge is 0.497 e. The second kappa shape index (κ2) is 8.65. The lowest BCUT2D eigenvalue weighted by Crippen LogP contribution is -2.35. The molecule has 1 N–H and O–H groups in total. The SMILES string of the molecule is CCC(=O)N1C[C@H](C(=O)NCc2ccc3c(c2)OCO3)[C@@H](c2ccc(OC)cc2)C1. The Kier molecular flexibility index (Phi) is 5.79. The molecule has 2 atom stereocenters. The van der Waals surface area contributed by atoms with Crippen molar-refractivity contribution in [3.63, 3.8) is 0 Å². The van der Waals surface area contributed by atoms with Crippen molar-refractivity contribution in [1.82, 2.24) is 10.2 Å². The number of fused-ring (bicyclic) bond motifs is 1. The van der Waals surface area contributed by atoms with E-state index in [-0.39, 0.29) is 30.4 Å². The van der Waals surface area contributed by atoms with E-state index in [1.54, 1.807) is 12.0 Å². The molecule has 2 aliphatic heterocycles. The quantitative estimate of drug-likeness (QED) is 0.792. The number of rotatable bonds is 6. The van der Waals surface area contributed by atoms with Gasteiger partial charge in [-0.3, -0.25) is 9.59 Å². The average molecular weight is 410 g/mol. The summed E-state index contributed by atoms with van der Waals surface area (Å²) in [7, 11) is 1.62. The second-order valence-electron chi connectivity index (χ2n) is 7.54. The molecule has 0 bridgehead atoms. The van der Waals surface area contributed by atoms with Crippen LogP contribution in [-0.2, 0) is 16.1 Å². The summed E-state index contributed by atoms with van der Waals surface area (Å²) >= 11 is 0. The summed E-state index contributed by atoms with van der Waals surface area (Å²) in [5.41, 5.74) is 1.97. The number of benzene rings is 2. The number of nitrogens with one attached hydrogen (secondary N) is 1. The van der Waals surface area contributed by atoms with Crippen LogP contribution in [0, 0.1) is 5.92 Å². The third kappa shape index (κ3) is 4.06. The molecule has 7 nitrogen and oxygen atoms in total. The lowest BCUT2D eigenvalue weighted by Gasteiger charge is -2.18. The molecular weight excluding hydrogens is 384 g/mol. The monoisotopic (exact) mass is 410 g/mol. The number of likely N-dealkylation sites (tertiary alicyclic amines) is 1. The fourth-order valence-electron chi connectivity index (χ4n) is 4.06. The van der Waals surface area contributed by atoms with Gasteiger partial charge in [-0.1, -0.05) is 25.1 Å². The molecular formula is C23H26N2O5. The third-order valence-electron chi connectivity index (χ3n) is 5.76. The van der Waals surface area contributed by atoms with Gasteiger partial charge < -0.3 is 24.4 Å². The molecule has 0 saturated carbocycles. The molecule has 0 radical (unpaired) electrons. The van der Waals surface area contributed by atoms with Gasteiger partial charge in [0.05, 0.1) is 13.0 Å². The van der Waals surface area contributed by atoms with Crippen molar-refractivity contribution in [2.24, 2.45) is 5.92 Å². The zero-order valence-electron chi connectivity index (χ0n) is 17.2. The first kappa shape index (κ1) is 20.1. The van der Waals surface area contributed by atoms with E-state index < -0.39 is 0 Å². The van der Waals surface area contributed by atoms with Crippen LogP contribution in [0.1, 0.15) is 30.4 Å². The van der Waals surface area contributed by atoms with E-state index in [1.807, 2.05) is 49.4 Å². The van der Waals surface area contributed by atoms with Crippen molar-refractivity contribution in [2.45, 2.75) is 25.8 Å². The highest BCUT2D eigenvalue weighted by Crippen LogP contribution is 2.35. The predicted molar refractivity (Wildman–Crippen MR) is 111 cm³/mol. The Bertz CT molecular complexity index is 928. The summed E-state index contributed by atoms with van der Waals surface area (Å²) in [5.74, 6) is 1.83. The number of nitrogens with zero attached hydrogens (tertiary/aromatic N) is 1. The molecule has 2 aliphatic rings. The maximum absolute atomic E-state index is 13.1. The molecule has 4 rings (SSSR count). The van der Waals surface area contributed by atoms with Crippen LogP contribution in [0.5, 0.6) is 17.2 Å². The Morgan fingerprint density at radius 1 is 1.10 bits per heavy atom. The smallest absolute Gasteiger partial charge is 0.231 e. The average Bonchev–Trinajstić information content (AvgIpc) is 3.44. The van der Waals surface area contributed by atoms with Crippen molar-refractivity contribution >= 4 is 11.8 Å². The van der Waals surface area contributed by atoms with E-state index in [4.69, 9.17) is 14.2 Å². The van der Waals surface area contributed by atoms with Crippen molar-refractivity contribution in [3.8, 4) is 17.2 Å². The minimum absolute atomic E-state index is 0.0526. The van der Waals surface area contributed by atoms with Gasteiger partial charge in [-0.05, 0) is 35.4 Å². The number of carbonyl (C=O) groups excluding carboxylic acids is 2. The number of carbonyl (C=O) groups is 2. The topological polar surface area (TPSA) is 77.1 Å². The number of methoxy groups -OCH3 is 1. The minimum Gasteiger partial charge on any atom is -0.497 e. The molecule has 2 heterocycles. The van der Waals surface area contributed by atoms with E-state index in [9.17, 15) is 9.59 Å². The molecule has 0 spiro atoms. The summed E-state index contributed by atoms with van der Waals surface area (Å²) < 4.78 is 16.0. The van der Waals surface area contributed by atoms with Gasteiger partial charge in [0.15, 0.2) is 11.5 Å². The number of hydrogen-bond donors (Lipinski definition) is 1. The highest BCUT2D eigenvalue weighted by molar-refractivity contribution is 5.83. The Morgan fingerprint density at radius 3 is 2.60 bits per heavy atom. The number of hydrogen-bond acceptors (Lipinski definition) is 5. The number of amides is 2. The standard InChI is InChI=1S/C23H26N2O5/c1-3-22(26)25-12-18(16-5-7-17(28-2)8-6-16)19(13-25)23(27)24-11-15-4-9-20-21(10-15)30-14-29-20/h4-10,18-19H,3,11-14H2,1-2H3,(H,24,27)/t18-,19+/m1/s1. The lowest BCUT2D eigenvalue weighted by atomic mass is 9.88. The van der Waals surface area contributed by atoms with Crippen molar-refractivity contribution < 1.29 is 23.8 Å². The summed E-state index contributed by atoms with van der Waals surface area (Å²) in [6.07, 6.45) is 0.431. The third-order valence-corrected chi connectivity index (χ3v) is 5.76. The van der Waals surface area contributed by atoms with Gasteiger partial charge in [0.2, 0.25) is 18.6 Å². The van der Waals surface area contributed by atoms with E-state index in [0.29, 0.717) is 37.6 Å². The Labute approximate surface area is 175 Å². The fraction of sp³-hybridized carbons (Fsp3) is 0.391. The summed E-state index contributed by atoms with van der Waals surface area (Å²) in [4.78, 5) is 27.2. The molecule has 2 aromatic rings. The normalized spacial score (nSPS) is 19.6. The summed E-state index contributed by atoms with van der Waals surface area (Å²) in [6.45, 7) is 3.43. The maximum Gasteiger partial charge on any atom is 0.231 e. The Hall–Kier alpha value is -3.22. The van der Waals surface area contributed by atoms with Crippen LogP contribution >= 0.6 is 0 Å². The highest BCUT2D eigenvalue weighted by Gasteiger charge is 2.39. The molecule has 2 aromatic carbocycles. The minimum atomic E-state index is -0.303. The van der Waals surface area contributed by atoms with Crippen molar-refractivity contribution in [2.75, 3.05) is 27.0 Å². The summed E-state index contributed by atoms with van der Waals surface area (Å²) in [5, 5.41) is 3.03. The van der Waals surface area contributed by atoms with E-state index in [0.717, 1.165) is 16.9 Å². The van der Waals surface area contributed by atoms with Crippen LogP contribution in [0.25, 0.3) is 0 Å². The zero-order chi connectivity index (χ0) is 21.1. The maximum atomic E-state index is 13.1. The van der Waals surface area contributed by atoms with Crippen molar-refractivity contribution in [3.05, 3.63) is 53.6 Å². The van der Waals surface area contributed by atoms with Crippen LogP contribution < -0.4 is 19.5 Å². The van der Waals surface area contributed by atoms with Gasteiger partial charge in [0.25, 0.3) is 0 Å². The predicted octanol–water partition coefficient (Wildman–Crippen LogP) is 2.69. The summed E-state index contributed by atoms with van der Waals surface area (Å²) in [6, 6.07) is 13.4. The Morgan fingerprint density at radius 2 is 1.87 bits per heavy atom. The molecule has 7 heteroatoms. The molecule has 30 heavy (non-hydrogen) atoms. The molecule has 0 aliphatic carbocycles. The van der Waals surface area contributed by atoms with Gasteiger partial charge in [-0.2, -0.15) is 0 Å².